The number of alkyl halides is 3. The number of amides is 3. The predicted molar refractivity (Wildman–Crippen MR) is 134 cm³/mol. The Morgan fingerprint density at radius 2 is 2.00 bits per heavy atom. The zero-order valence-electron chi connectivity index (χ0n) is 19.7. The van der Waals surface area contributed by atoms with E-state index in [0.29, 0.717) is 21.7 Å². The van der Waals surface area contributed by atoms with E-state index >= 15 is 0 Å². The maximum Gasteiger partial charge on any atom is 0.418 e. The Balaban J connectivity index is 1.48. The lowest BCUT2D eigenvalue weighted by Gasteiger charge is -2.30. The summed E-state index contributed by atoms with van der Waals surface area (Å²) in [4.78, 5) is 39.1. The van der Waals surface area contributed by atoms with Crippen molar-refractivity contribution in [2.45, 2.75) is 31.5 Å². The summed E-state index contributed by atoms with van der Waals surface area (Å²) in [6.07, 6.45) is -1.60. The van der Waals surface area contributed by atoms with E-state index in [1.165, 1.54) is 12.1 Å². The molecule has 3 amide bonds. The average molecular weight is 559 g/mol. The Morgan fingerprint density at radius 3 is 2.62 bits per heavy atom. The molecule has 0 unspecified atom stereocenters. The van der Waals surface area contributed by atoms with Gasteiger partial charge in [0.15, 0.2) is 0 Å². The van der Waals surface area contributed by atoms with Crippen LogP contribution in [0, 0.1) is 5.92 Å². The maximum atomic E-state index is 13.9. The first-order valence-corrected chi connectivity index (χ1v) is 13.0. The van der Waals surface area contributed by atoms with Crippen molar-refractivity contribution in [2.75, 3.05) is 43.1 Å². The highest BCUT2D eigenvalue weighted by molar-refractivity contribution is 7.18. The molecule has 2 aromatic rings. The molecule has 2 aliphatic rings. The normalized spacial score (nSPS) is 17.3. The molecule has 2 heterocycles. The summed E-state index contributed by atoms with van der Waals surface area (Å²) in [5.74, 6) is -1.16. The Labute approximate surface area is 220 Å². The molecule has 13 heteroatoms. The van der Waals surface area contributed by atoms with Gasteiger partial charge in [-0.15, -0.1) is 11.3 Å². The highest BCUT2D eigenvalue weighted by Gasteiger charge is 2.37. The number of carbonyl (C=O) groups is 3. The maximum absolute atomic E-state index is 13.9. The van der Waals surface area contributed by atoms with Crippen molar-refractivity contribution < 1.29 is 32.3 Å². The molecule has 200 valence electrons. The third-order valence-corrected chi connectivity index (χ3v) is 7.53. The van der Waals surface area contributed by atoms with E-state index in [9.17, 15) is 27.6 Å². The van der Waals surface area contributed by atoms with Gasteiger partial charge in [-0.3, -0.25) is 14.4 Å². The number of morpholine rings is 1. The quantitative estimate of drug-likeness (QED) is 0.433. The number of rotatable bonds is 9. The highest BCUT2D eigenvalue weighted by atomic mass is 35.5. The van der Waals surface area contributed by atoms with Crippen LogP contribution in [0.2, 0.25) is 4.34 Å². The second-order valence-corrected chi connectivity index (χ2v) is 10.6. The lowest BCUT2D eigenvalue weighted by molar-refractivity contribution is -0.137. The van der Waals surface area contributed by atoms with Crippen LogP contribution in [0.1, 0.15) is 34.5 Å². The molecule has 37 heavy (non-hydrogen) atoms. The van der Waals surface area contributed by atoms with Gasteiger partial charge in [0.2, 0.25) is 5.91 Å². The summed E-state index contributed by atoms with van der Waals surface area (Å²) in [6, 6.07) is 5.58. The number of hydrogen-bond acceptors (Lipinski definition) is 6. The average Bonchev–Trinajstić information content (AvgIpc) is 3.26. The molecule has 0 bridgehead atoms. The van der Waals surface area contributed by atoms with E-state index < -0.39 is 35.5 Å². The number of nitrogens with zero attached hydrogens (tertiary/aromatic N) is 1. The number of nitrogens with one attached hydrogen (secondary N) is 3. The van der Waals surface area contributed by atoms with E-state index in [2.05, 4.69) is 16.0 Å². The van der Waals surface area contributed by atoms with E-state index in [4.69, 9.17) is 16.3 Å². The van der Waals surface area contributed by atoms with Gasteiger partial charge in [-0.25, -0.2) is 0 Å². The number of ether oxygens (including phenoxy) is 1. The van der Waals surface area contributed by atoms with Crippen molar-refractivity contribution in [3.8, 4) is 0 Å². The number of halogens is 4. The van der Waals surface area contributed by atoms with Gasteiger partial charge in [-0.1, -0.05) is 18.0 Å². The number of hydrogen-bond donors (Lipinski definition) is 3. The number of carbonyl (C=O) groups excluding carboxylic acids is 3. The van der Waals surface area contributed by atoms with Gasteiger partial charge in [0, 0.05) is 18.8 Å². The minimum atomic E-state index is -4.76. The van der Waals surface area contributed by atoms with Crippen molar-refractivity contribution in [2.24, 2.45) is 5.92 Å². The SMILES string of the molecule is O=C(NC[C@@H](NCC1CCC1)C(=O)Nc1ccc(N2CCOCC2=O)c(C(F)(F)F)c1)c1ccc(Cl)s1. The van der Waals surface area contributed by atoms with Gasteiger partial charge < -0.3 is 25.6 Å². The first kappa shape index (κ1) is 27.4. The highest BCUT2D eigenvalue weighted by Crippen LogP contribution is 2.39. The summed E-state index contributed by atoms with van der Waals surface area (Å²) in [6.45, 7) is 0.298. The van der Waals surface area contributed by atoms with E-state index in [1.54, 1.807) is 12.1 Å². The van der Waals surface area contributed by atoms with Crippen molar-refractivity contribution in [3.05, 3.63) is 45.1 Å². The zero-order chi connectivity index (χ0) is 26.6. The fourth-order valence-electron chi connectivity index (χ4n) is 4.06. The molecular weight excluding hydrogens is 533 g/mol. The molecule has 0 spiro atoms. The van der Waals surface area contributed by atoms with Crippen molar-refractivity contribution in [1.29, 1.82) is 0 Å². The summed E-state index contributed by atoms with van der Waals surface area (Å²) in [5.41, 5.74) is -1.41. The summed E-state index contributed by atoms with van der Waals surface area (Å²) in [5, 5.41) is 8.34. The second-order valence-electron chi connectivity index (χ2n) is 8.89. The molecule has 1 aliphatic heterocycles. The summed E-state index contributed by atoms with van der Waals surface area (Å²) < 4.78 is 47.1. The number of thiophene rings is 1. The lowest BCUT2D eigenvalue weighted by atomic mass is 9.85. The van der Waals surface area contributed by atoms with Gasteiger partial charge >= 0.3 is 6.18 Å². The van der Waals surface area contributed by atoms with Gasteiger partial charge in [0.25, 0.3) is 11.8 Å². The fraction of sp³-hybridized carbons (Fsp3) is 0.458. The van der Waals surface area contributed by atoms with Gasteiger partial charge in [-0.2, -0.15) is 13.2 Å². The second kappa shape index (κ2) is 11.8. The Hall–Kier alpha value is -2.67. The van der Waals surface area contributed by atoms with Crippen LogP contribution >= 0.6 is 22.9 Å². The Kier molecular flexibility index (Phi) is 8.73. The predicted octanol–water partition coefficient (Wildman–Crippen LogP) is 3.91. The monoisotopic (exact) mass is 558 g/mol. The topological polar surface area (TPSA) is 99.8 Å². The van der Waals surface area contributed by atoms with Crippen LogP contribution < -0.4 is 20.9 Å². The summed E-state index contributed by atoms with van der Waals surface area (Å²) in [7, 11) is 0. The molecule has 1 aromatic heterocycles. The number of benzene rings is 1. The summed E-state index contributed by atoms with van der Waals surface area (Å²) >= 11 is 6.98. The smallest absolute Gasteiger partial charge is 0.370 e. The molecule has 2 fully saturated rings. The zero-order valence-corrected chi connectivity index (χ0v) is 21.3. The van der Waals surface area contributed by atoms with Gasteiger partial charge in [-0.05, 0) is 55.6 Å². The van der Waals surface area contributed by atoms with Crippen LogP contribution in [0.5, 0.6) is 0 Å². The minimum Gasteiger partial charge on any atom is -0.370 e. The molecule has 3 N–H and O–H groups in total. The van der Waals surface area contributed by atoms with Gasteiger partial charge in [0.05, 0.1) is 27.1 Å². The Bertz CT molecular complexity index is 1160. The van der Waals surface area contributed by atoms with Crippen LogP contribution in [-0.2, 0) is 20.5 Å². The van der Waals surface area contributed by atoms with E-state index in [-0.39, 0.29) is 37.7 Å². The first-order chi connectivity index (χ1) is 17.6. The molecule has 8 nitrogen and oxygen atoms in total. The molecule has 1 saturated carbocycles. The standard InChI is InChI=1S/C24H26ClF3N4O4S/c25-20-7-6-19(37-20)23(35)30-12-17(29-11-14-2-1-3-14)22(34)31-15-4-5-18(16(10-15)24(26,27)28)32-8-9-36-13-21(32)33/h4-7,10,14,17,29H,1-3,8-9,11-13H2,(H,30,35)(H,31,34)/t17-/m1/s1. The third-order valence-electron chi connectivity index (χ3n) is 6.30. The van der Waals surface area contributed by atoms with E-state index in [0.717, 1.165) is 41.6 Å². The largest absolute Gasteiger partial charge is 0.418 e. The first-order valence-electron chi connectivity index (χ1n) is 11.8. The van der Waals surface area contributed by atoms with Crippen molar-refractivity contribution in [1.82, 2.24) is 10.6 Å². The third kappa shape index (κ3) is 7.01. The van der Waals surface area contributed by atoms with Crippen molar-refractivity contribution >= 4 is 52.0 Å². The molecular formula is C24H26ClF3N4O4S. The minimum absolute atomic E-state index is 0.00404. The van der Waals surface area contributed by atoms with Crippen molar-refractivity contribution in [3.63, 3.8) is 0 Å². The fourth-order valence-corrected chi connectivity index (χ4v) is 5.02. The van der Waals surface area contributed by atoms with Crippen LogP contribution in [0.4, 0.5) is 24.5 Å². The number of anilines is 2. The molecule has 0 radical (unpaired) electrons. The Morgan fingerprint density at radius 1 is 1.22 bits per heavy atom. The molecule has 1 atom stereocenters. The van der Waals surface area contributed by atoms with E-state index in [1.807, 2.05) is 0 Å². The van der Waals surface area contributed by atoms with Crippen LogP contribution in [0.25, 0.3) is 0 Å². The molecule has 1 aromatic carbocycles. The lowest BCUT2D eigenvalue weighted by Crippen LogP contribution is -2.50. The van der Waals surface area contributed by atoms with Crippen LogP contribution in [0.3, 0.4) is 0 Å². The molecule has 1 saturated heterocycles. The van der Waals surface area contributed by atoms with Crippen LogP contribution in [0.15, 0.2) is 30.3 Å². The molecule has 4 rings (SSSR count). The molecule has 1 aliphatic carbocycles. The van der Waals surface area contributed by atoms with Crippen LogP contribution in [-0.4, -0.2) is 56.6 Å². The van der Waals surface area contributed by atoms with Gasteiger partial charge in [0.1, 0.15) is 12.6 Å².